The molecule has 3 nitrogen and oxygen atoms in total. The lowest BCUT2D eigenvalue weighted by atomic mass is 9.89. The first-order valence-electron chi connectivity index (χ1n) is 6.48. The molecule has 2 heterocycles. The number of nitrogens with zero attached hydrogens (tertiary/aromatic N) is 3. The maximum absolute atomic E-state index is 8.90. The molecule has 1 saturated heterocycles. The van der Waals surface area contributed by atoms with Crippen LogP contribution in [0.25, 0.3) is 10.9 Å². The molecule has 0 spiro atoms. The average Bonchev–Trinajstić information content (AvgIpc) is 2.77. The van der Waals surface area contributed by atoms with Crippen LogP contribution in [-0.4, -0.2) is 22.6 Å². The maximum atomic E-state index is 8.90. The number of aromatic nitrogens is 1. The second-order valence-corrected chi connectivity index (χ2v) is 5.07. The van der Waals surface area contributed by atoms with E-state index in [2.05, 4.69) is 48.3 Å². The lowest BCUT2D eigenvalue weighted by Gasteiger charge is -2.27. The predicted molar refractivity (Wildman–Crippen MR) is 72.1 cm³/mol. The molecule has 1 fully saturated rings. The van der Waals surface area contributed by atoms with Crippen LogP contribution in [-0.2, 0) is 7.05 Å². The van der Waals surface area contributed by atoms with Gasteiger partial charge < -0.3 is 9.47 Å². The number of fused-ring (bicyclic) bond motifs is 1. The molecule has 1 aromatic carbocycles. The van der Waals surface area contributed by atoms with Crippen LogP contribution in [0.1, 0.15) is 24.3 Å². The van der Waals surface area contributed by atoms with E-state index in [1.54, 1.807) is 0 Å². The fourth-order valence-electron chi connectivity index (χ4n) is 2.99. The normalized spacial score (nSPS) is 17.0. The van der Waals surface area contributed by atoms with Crippen molar-refractivity contribution in [3.63, 3.8) is 0 Å². The third kappa shape index (κ3) is 1.74. The Morgan fingerprint density at radius 1 is 1.22 bits per heavy atom. The van der Waals surface area contributed by atoms with Crippen LogP contribution in [0.4, 0.5) is 0 Å². The Hall–Kier alpha value is -1.95. The molecule has 0 N–H and O–H groups in total. The van der Waals surface area contributed by atoms with Crippen LogP contribution in [0, 0.1) is 11.5 Å². The fourth-order valence-corrected chi connectivity index (χ4v) is 2.99. The van der Waals surface area contributed by atoms with Gasteiger partial charge in [-0.1, -0.05) is 18.2 Å². The van der Waals surface area contributed by atoms with Crippen molar-refractivity contribution >= 4 is 10.9 Å². The van der Waals surface area contributed by atoms with Crippen molar-refractivity contribution in [2.45, 2.75) is 18.8 Å². The lowest BCUT2D eigenvalue weighted by Crippen LogP contribution is -2.28. The van der Waals surface area contributed by atoms with Crippen LogP contribution in [0.15, 0.2) is 30.5 Å². The van der Waals surface area contributed by atoms with Gasteiger partial charge >= 0.3 is 0 Å². The first-order valence-corrected chi connectivity index (χ1v) is 6.48. The summed E-state index contributed by atoms with van der Waals surface area (Å²) in [4.78, 5) is 1.86. The first-order chi connectivity index (χ1) is 8.79. The monoisotopic (exact) mass is 239 g/mol. The van der Waals surface area contributed by atoms with Gasteiger partial charge in [-0.05, 0) is 30.4 Å². The Morgan fingerprint density at radius 3 is 2.67 bits per heavy atom. The van der Waals surface area contributed by atoms with E-state index in [4.69, 9.17) is 5.26 Å². The van der Waals surface area contributed by atoms with E-state index < -0.39 is 0 Å². The number of rotatable bonds is 1. The number of hydrogen-bond acceptors (Lipinski definition) is 2. The zero-order valence-electron chi connectivity index (χ0n) is 10.6. The van der Waals surface area contributed by atoms with E-state index in [0.717, 1.165) is 25.9 Å². The second kappa shape index (κ2) is 4.38. The highest BCUT2D eigenvalue weighted by Crippen LogP contribution is 2.33. The molecule has 0 saturated carbocycles. The molecule has 0 atom stereocenters. The number of aryl methyl sites for hydroxylation is 1. The standard InChI is InChI=1S/C15H17N3/c1-17-10-14(13-4-2-3-5-15(13)17)12-6-8-18(11-16)9-7-12/h2-5,10,12H,6-9H2,1H3. The molecule has 3 heteroatoms. The first kappa shape index (κ1) is 11.2. The third-order valence-corrected chi connectivity index (χ3v) is 4.00. The number of hydrogen-bond donors (Lipinski definition) is 0. The molecule has 2 aromatic rings. The number of para-hydroxylation sites is 1. The Morgan fingerprint density at radius 2 is 1.94 bits per heavy atom. The summed E-state index contributed by atoms with van der Waals surface area (Å²) in [6, 6.07) is 8.57. The van der Waals surface area contributed by atoms with Crippen molar-refractivity contribution in [1.82, 2.24) is 9.47 Å². The number of nitriles is 1. The average molecular weight is 239 g/mol. The molecular weight excluding hydrogens is 222 g/mol. The minimum absolute atomic E-state index is 0.598. The van der Waals surface area contributed by atoms with E-state index in [1.807, 2.05) is 4.90 Å². The van der Waals surface area contributed by atoms with Gasteiger partial charge in [-0.25, -0.2) is 0 Å². The van der Waals surface area contributed by atoms with Gasteiger partial charge in [-0.3, -0.25) is 0 Å². The summed E-state index contributed by atoms with van der Waals surface area (Å²) < 4.78 is 2.21. The van der Waals surface area contributed by atoms with E-state index in [1.165, 1.54) is 16.5 Å². The zero-order chi connectivity index (χ0) is 12.5. The molecule has 0 unspecified atom stereocenters. The Labute approximate surface area is 107 Å². The summed E-state index contributed by atoms with van der Waals surface area (Å²) in [7, 11) is 2.11. The highest BCUT2D eigenvalue weighted by atomic mass is 15.1. The summed E-state index contributed by atoms with van der Waals surface area (Å²) in [6.07, 6.45) is 6.68. The molecule has 0 bridgehead atoms. The predicted octanol–water partition coefficient (Wildman–Crippen LogP) is 2.84. The summed E-state index contributed by atoms with van der Waals surface area (Å²) >= 11 is 0. The van der Waals surface area contributed by atoms with Crippen molar-refractivity contribution < 1.29 is 0 Å². The van der Waals surface area contributed by atoms with Gasteiger partial charge in [-0.15, -0.1) is 0 Å². The molecule has 1 aliphatic heterocycles. The van der Waals surface area contributed by atoms with Crippen molar-refractivity contribution in [2.24, 2.45) is 7.05 Å². The fraction of sp³-hybridized carbons (Fsp3) is 0.400. The van der Waals surface area contributed by atoms with Crippen molar-refractivity contribution in [2.75, 3.05) is 13.1 Å². The molecule has 3 rings (SSSR count). The van der Waals surface area contributed by atoms with Crippen LogP contribution in [0.3, 0.4) is 0 Å². The van der Waals surface area contributed by atoms with Crippen molar-refractivity contribution in [3.8, 4) is 6.19 Å². The van der Waals surface area contributed by atoms with Gasteiger partial charge in [0.25, 0.3) is 0 Å². The third-order valence-electron chi connectivity index (χ3n) is 4.00. The second-order valence-electron chi connectivity index (χ2n) is 5.07. The molecular formula is C15H17N3. The van der Waals surface area contributed by atoms with Crippen LogP contribution in [0.5, 0.6) is 0 Å². The summed E-state index contributed by atoms with van der Waals surface area (Å²) in [6.45, 7) is 1.79. The van der Waals surface area contributed by atoms with Gasteiger partial charge in [-0.2, -0.15) is 5.26 Å². The van der Waals surface area contributed by atoms with Gasteiger partial charge in [0.1, 0.15) is 0 Å². The van der Waals surface area contributed by atoms with E-state index in [9.17, 15) is 0 Å². The van der Waals surface area contributed by atoms with Gasteiger partial charge in [0, 0.05) is 37.2 Å². The summed E-state index contributed by atoms with van der Waals surface area (Å²) in [5.74, 6) is 0.598. The highest BCUT2D eigenvalue weighted by Gasteiger charge is 2.22. The van der Waals surface area contributed by atoms with E-state index in [-0.39, 0.29) is 0 Å². The SMILES string of the molecule is Cn1cc(C2CCN(C#N)CC2)c2ccccc21. The van der Waals surface area contributed by atoms with Crippen molar-refractivity contribution in [1.29, 1.82) is 5.26 Å². The van der Waals surface area contributed by atoms with E-state index >= 15 is 0 Å². The van der Waals surface area contributed by atoms with E-state index in [0.29, 0.717) is 5.92 Å². The molecule has 92 valence electrons. The Balaban J connectivity index is 1.94. The largest absolute Gasteiger partial charge is 0.350 e. The number of likely N-dealkylation sites (tertiary alicyclic amines) is 1. The zero-order valence-corrected chi connectivity index (χ0v) is 10.6. The van der Waals surface area contributed by atoms with Gasteiger partial charge in [0.15, 0.2) is 6.19 Å². The quantitative estimate of drug-likeness (QED) is 0.717. The molecule has 0 aliphatic carbocycles. The molecule has 1 aromatic heterocycles. The molecule has 1 aliphatic rings. The minimum atomic E-state index is 0.598. The Kier molecular flexibility index (Phi) is 2.71. The molecule has 18 heavy (non-hydrogen) atoms. The van der Waals surface area contributed by atoms with Crippen LogP contribution < -0.4 is 0 Å². The minimum Gasteiger partial charge on any atom is -0.350 e. The highest BCUT2D eigenvalue weighted by molar-refractivity contribution is 5.84. The number of benzene rings is 1. The lowest BCUT2D eigenvalue weighted by molar-refractivity contribution is 0.296. The number of piperidine rings is 1. The van der Waals surface area contributed by atoms with Crippen LogP contribution in [0.2, 0.25) is 0 Å². The summed E-state index contributed by atoms with van der Waals surface area (Å²) in [5, 5.41) is 10.3. The van der Waals surface area contributed by atoms with Gasteiger partial charge in [0.05, 0.1) is 0 Å². The topological polar surface area (TPSA) is 32.0 Å². The molecule has 0 radical (unpaired) electrons. The van der Waals surface area contributed by atoms with Crippen molar-refractivity contribution in [3.05, 3.63) is 36.0 Å². The summed E-state index contributed by atoms with van der Waals surface area (Å²) in [5.41, 5.74) is 2.75. The van der Waals surface area contributed by atoms with Crippen LogP contribution >= 0.6 is 0 Å². The smallest absolute Gasteiger partial charge is 0.179 e. The molecule has 0 amide bonds. The maximum Gasteiger partial charge on any atom is 0.179 e. The van der Waals surface area contributed by atoms with Gasteiger partial charge in [0.2, 0.25) is 0 Å². The Bertz CT molecular complexity index is 598.